The molecular weight excluding hydrogens is 462 g/mol. The van der Waals surface area contributed by atoms with Crippen LogP contribution < -0.4 is 10.6 Å². The normalized spacial score (nSPS) is 31.8. The van der Waals surface area contributed by atoms with E-state index in [2.05, 4.69) is 10.6 Å². The highest BCUT2D eigenvalue weighted by atomic mass is 32.2. The molecule has 4 rings (SSSR count). The predicted octanol–water partition coefficient (Wildman–Crippen LogP) is -0.258. The zero-order chi connectivity index (χ0) is 24.7. The molecule has 3 N–H and O–H groups in total. The van der Waals surface area contributed by atoms with E-state index in [0.29, 0.717) is 44.2 Å². The molecule has 12 heteroatoms. The van der Waals surface area contributed by atoms with E-state index in [0.717, 1.165) is 0 Å². The molecule has 4 aliphatic rings. The van der Waals surface area contributed by atoms with E-state index in [1.54, 1.807) is 30.8 Å². The molecule has 0 aromatic carbocycles. The zero-order valence-electron chi connectivity index (χ0n) is 19.9. The summed E-state index contributed by atoms with van der Waals surface area (Å²) in [7, 11) is 3.43. The smallest absolute Gasteiger partial charge is 0.353 e. The van der Waals surface area contributed by atoms with E-state index in [-0.39, 0.29) is 46.8 Å². The first-order valence-electron chi connectivity index (χ1n) is 11.7. The lowest BCUT2D eigenvalue weighted by Crippen LogP contribution is -2.66. The molecule has 0 aliphatic carbocycles. The Morgan fingerprint density at radius 2 is 1.94 bits per heavy atom. The zero-order valence-corrected chi connectivity index (χ0v) is 20.8. The Morgan fingerprint density at radius 3 is 2.56 bits per heavy atom. The largest absolute Gasteiger partial charge is 0.477 e. The van der Waals surface area contributed by atoms with Gasteiger partial charge in [-0.05, 0) is 13.3 Å². The quantitative estimate of drug-likeness (QED) is 0.430. The molecule has 0 bridgehead atoms. The Kier molecular flexibility index (Phi) is 7.11. The number of carboxylic acids is 1. The number of ether oxygens (including phenoxy) is 1. The van der Waals surface area contributed by atoms with Gasteiger partial charge in [-0.15, -0.1) is 11.8 Å². The number of carboxylic acid groups (broad SMARTS) is 1. The van der Waals surface area contributed by atoms with Gasteiger partial charge in [-0.2, -0.15) is 0 Å². The number of fused-ring (bicyclic) bond motifs is 1. The maximum atomic E-state index is 13.1. The van der Waals surface area contributed by atoms with Gasteiger partial charge in [0.2, 0.25) is 11.8 Å². The number of urea groups is 1. The number of β-lactam (4-membered cyclic amide) rings is 1. The van der Waals surface area contributed by atoms with Gasteiger partial charge in [-0.3, -0.25) is 9.59 Å². The van der Waals surface area contributed by atoms with Crippen molar-refractivity contribution in [2.45, 2.75) is 43.6 Å². The summed E-state index contributed by atoms with van der Waals surface area (Å²) >= 11 is 1.45. The number of amides is 4. The molecule has 0 aromatic heterocycles. The molecule has 11 nitrogen and oxygen atoms in total. The van der Waals surface area contributed by atoms with Crippen LogP contribution >= 0.6 is 11.8 Å². The number of rotatable bonds is 6. The van der Waals surface area contributed by atoms with Crippen molar-refractivity contribution in [2.24, 2.45) is 11.8 Å². The van der Waals surface area contributed by atoms with E-state index in [1.165, 1.54) is 16.7 Å². The third-order valence-corrected chi connectivity index (χ3v) is 8.61. The minimum Gasteiger partial charge on any atom is -0.477 e. The van der Waals surface area contributed by atoms with Gasteiger partial charge < -0.3 is 35.2 Å². The Hall–Kier alpha value is -2.31. The van der Waals surface area contributed by atoms with Crippen LogP contribution in [0.25, 0.3) is 0 Å². The standard InChI is InChI=1S/C22H33N5O6S/c1-11-16-15(12(2)24-22(32)26-5-7-33-8-6-26)20(29)27(16)17(21(30)31)18(11)34-13-9-14(23-10-13)19(28)25(3)4/h11-16,23H,5-10H2,1-4H3,(H,24,32)(H,30,31). The SMILES string of the molecule is CC(NC(=O)N1CCOCC1)C1C(=O)N2C(C(=O)O)=C(SC3CNC(C(=O)N(C)C)C3)C(C)C12. The second kappa shape index (κ2) is 9.74. The Bertz CT molecular complexity index is 904. The van der Waals surface area contributed by atoms with Crippen LogP contribution in [0.4, 0.5) is 4.79 Å². The third kappa shape index (κ3) is 4.38. The monoisotopic (exact) mass is 495 g/mol. The van der Waals surface area contributed by atoms with Crippen molar-refractivity contribution in [3.05, 3.63) is 10.6 Å². The molecule has 4 aliphatic heterocycles. The van der Waals surface area contributed by atoms with Crippen LogP contribution in [0.2, 0.25) is 0 Å². The average Bonchev–Trinajstić information content (AvgIpc) is 3.35. The van der Waals surface area contributed by atoms with Crippen molar-refractivity contribution < 1.29 is 29.0 Å². The highest BCUT2D eigenvalue weighted by Gasteiger charge is 2.60. The average molecular weight is 496 g/mol. The lowest BCUT2D eigenvalue weighted by molar-refractivity contribution is -0.158. The van der Waals surface area contributed by atoms with Gasteiger partial charge >= 0.3 is 12.0 Å². The van der Waals surface area contributed by atoms with Crippen molar-refractivity contribution >= 4 is 35.6 Å². The molecule has 4 heterocycles. The topological polar surface area (TPSA) is 132 Å². The van der Waals surface area contributed by atoms with Crippen LogP contribution in [0.15, 0.2) is 10.6 Å². The van der Waals surface area contributed by atoms with Crippen LogP contribution in [0.3, 0.4) is 0 Å². The first-order chi connectivity index (χ1) is 16.1. The third-order valence-electron chi connectivity index (χ3n) is 7.10. The highest BCUT2D eigenvalue weighted by molar-refractivity contribution is 8.03. The molecule has 0 radical (unpaired) electrons. The van der Waals surface area contributed by atoms with Crippen molar-refractivity contribution in [3.8, 4) is 0 Å². The fourth-order valence-electron chi connectivity index (χ4n) is 5.31. The lowest BCUT2D eigenvalue weighted by Gasteiger charge is -2.48. The summed E-state index contributed by atoms with van der Waals surface area (Å²) in [5.41, 5.74) is 0.0397. The van der Waals surface area contributed by atoms with E-state index in [1.807, 2.05) is 6.92 Å². The van der Waals surface area contributed by atoms with E-state index in [4.69, 9.17) is 4.74 Å². The molecule has 0 saturated carbocycles. The number of nitrogens with zero attached hydrogens (tertiary/aromatic N) is 3. The van der Waals surface area contributed by atoms with Crippen molar-refractivity contribution in [1.82, 2.24) is 25.3 Å². The summed E-state index contributed by atoms with van der Waals surface area (Å²) < 4.78 is 5.28. The molecule has 4 amide bonds. The van der Waals surface area contributed by atoms with Gasteiger partial charge in [-0.25, -0.2) is 9.59 Å². The minimum absolute atomic E-state index is 0.00102. The van der Waals surface area contributed by atoms with Crippen LogP contribution in [-0.4, -0.2) is 114 Å². The summed E-state index contributed by atoms with van der Waals surface area (Å²) in [6, 6.07) is -1.27. The lowest BCUT2D eigenvalue weighted by atomic mass is 9.78. The second-order valence-corrected chi connectivity index (χ2v) is 10.9. The maximum Gasteiger partial charge on any atom is 0.353 e. The molecule has 3 saturated heterocycles. The molecule has 3 fully saturated rings. The number of nitrogens with one attached hydrogen (secondary N) is 2. The fraction of sp³-hybridized carbons (Fsp3) is 0.727. The summed E-state index contributed by atoms with van der Waals surface area (Å²) in [4.78, 5) is 55.4. The summed E-state index contributed by atoms with van der Waals surface area (Å²) in [6.07, 6.45) is 0.596. The van der Waals surface area contributed by atoms with Gasteiger partial charge in [0.05, 0.1) is 31.2 Å². The Morgan fingerprint density at radius 1 is 1.26 bits per heavy atom. The van der Waals surface area contributed by atoms with Gasteiger partial charge in [0.1, 0.15) is 5.70 Å². The molecule has 6 unspecified atom stereocenters. The number of carbonyl (C=O) groups excluding carboxylic acids is 3. The number of aliphatic carboxylic acids is 1. The Balaban J connectivity index is 1.44. The summed E-state index contributed by atoms with van der Waals surface area (Å²) in [5.74, 6) is -2.06. The van der Waals surface area contributed by atoms with E-state index in [9.17, 15) is 24.3 Å². The molecular formula is C22H33N5O6S. The van der Waals surface area contributed by atoms with Crippen molar-refractivity contribution in [1.29, 1.82) is 0 Å². The van der Waals surface area contributed by atoms with Crippen molar-refractivity contribution in [2.75, 3.05) is 46.9 Å². The van der Waals surface area contributed by atoms with Gasteiger partial charge in [0, 0.05) is 55.8 Å². The first-order valence-corrected chi connectivity index (χ1v) is 12.5. The van der Waals surface area contributed by atoms with Gasteiger partial charge in [0.15, 0.2) is 0 Å². The van der Waals surface area contributed by atoms with E-state index < -0.39 is 17.9 Å². The molecule has 0 spiro atoms. The van der Waals surface area contributed by atoms with Crippen LogP contribution in [0.5, 0.6) is 0 Å². The summed E-state index contributed by atoms with van der Waals surface area (Å²) in [5, 5.41) is 16.1. The van der Waals surface area contributed by atoms with Crippen molar-refractivity contribution in [3.63, 3.8) is 0 Å². The highest BCUT2D eigenvalue weighted by Crippen LogP contribution is 2.51. The fourth-order valence-corrected chi connectivity index (χ4v) is 6.79. The number of morpholine rings is 1. The molecule has 34 heavy (non-hydrogen) atoms. The first kappa shape index (κ1) is 24.8. The van der Waals surface area contributed by atoms with Crippen LogP contribution in [0, 0.1) is 11.8 Å². The number of hydrogen-bond donors (Lipinski definition) is 3. The number of thioether (sulfide) groups is 1. The van der Waals surface area contributed by atoms with Crippen LogP contribution in [0.1, 0.15) is 20.3 Å². The molecule has 0 aromatic rings. The van der Waals surface area contributed by atoms with E-state index >= 15 is 0 Å². The van der Waals surface area contributed by atoms with Gasteiger partial charge in [0.25, 0.3) is 0 Å². The number of carbonyl (C=O) groups is 4. The number of likely N-dealkylation sites (N-methyl/N-ethyl adjacent to an activating group) is 1. The Labute approximate surface area is 203 Å². The number of hydrogen-bond acceptors (Lipinski definition) is 7. The maximum absolute atomic E-state index is 13.1. The minimum atomic E-state index is -1.12. The second-order valence-electron chi connectivity index (χ2n) is 9.54. The van der Waals surface area contributed by atoms with Crippen LogP contribution in [-0.2, 0) is 19.1 Å². The molecule has 188 valence electrons. The summed E-state index contributed by atoms with van der Waals surface area (Å²) in [6.45, 7) is 6.31. The molecule has 6 atom stereocenters. The predicted molar refractivity (Wildman–Crippen MR) is 125 cm³/mol. The van der Waals surface area contributed by atoms with Gasteiger partial charge in [-0.1, -0.05) is 6.92 Å².